The fraction of sp³-hybridized carbons (Fsp3) is 0.0625. The standard InChI is InChI=1S/C16H13FN2S/c17-13-8-6-12(7-9-13)16-19-15(11-20-16)10-18-14-4-2-1-3-5-14/h1-9,11,18H,10H2. The molecule has 0 aliphatic heterocycles. The van der Waals surface area contributed by atoms with E-state index < -0.39 is 0 Å². The van der Waals surface area contributed by atoms with Gasteiger partial charge in [-0.05, 0) is 36.4 Å². The van der Waals surface area contributed by atoms with Crippen LogP contribution in [0.15, 0.2) is 60.0 Å². The van der Waals surface area contributed by atoms with E-state index in [1.807, 2.05) is 35.7 Å². The molecule has 0 amide bonds. The topological polar surface area (TPSA) is 24.9 Å². The minimum absolute atomic E-state index is 0.226. The Labute approximate surface area is 120 Å². The van der Waals surface area contributed by atoms with Gasteiger partial charge in [0.25, 0.3) is 0 Å². The molecule has 2 aromatic carbocycles. The number of aromatic nitrogens is 1. The molecule has 0 aliphatic rings. The van der Waals surface area contributed by atoms with Crippen molar-refractivity contribution in [2.45, 2.75) is 6.54 Å². The molecule has 3 aromatic rings. The van der Waals surface area contributed by atoms with Gasteiger partial charge in [-0.3, -0.25) is 0 Å². The van der Waals surface area contributed by atoms with Crippen molar-refractivity contribution in [2.75, 3.05) is 5.32 Å². The highest BCUT2D eigenvalue weighted by Gasteiger charge is 2.04. The summed E-state index contributed by atoms with van der Waals surface area (Å²) in [6.45, 7) is 0.682. The predicted octanol–water partition coefficient (Wildman–Crippen LogP) is 4.56. The summed E-state index contributed by atoms with van der Waals surface area (Å²) in [5, 5.41) is 6.25. The van der Waals surface area contributed by atoms with Crippen LogP contribution in [0.4, 0.5) is 10.1 Å². The number of rotatable bonds is 4. The van der Waals surface area contributed by atoms with Gasteiger partial charge in [0.1, 0.15) is 10.8 Å². The smallest absolute Gasteiger partial charge is 0.123 e. The monoisotopic (exact) mass is 284 g/mol. The molecular formula is C16H13FN2S. The van der Waals surface area contributed by atoms with Gasteiger partial charge >= 0.3 is 0 Å². The zero-order chi connectivity index (χ0) is 13.8. The highest BCUT2D eigenvalue weighted by Crippen LogP contribution is 2.24. The molecule has 1 N–H and O–H groups in total. The molecule has 0 unspecified atom stereocenters. The molecule has 0 radical (unpaired) electrons. The second-order valence-electron chi connectivity index (χ2n) is 4.37. The Balaban J connectivity index is 1.69. The lowest BCUT2D eigenvalue weighted by atomic mass is 10.2. The van der Waals surface area contributed by atoms with Crippen LogP contribution in [0, 0.1) is 5.82 Å². The quantitative estimate of drug-likeness (QED) is 0.759. The number of nitrogens with one attached hydrogen (secondary N) is 1. The van der Waals surface area contributed by atoms with Crippen LogP contribution in [0.25, 0.3) is 10.6 Å². The summed E-state index contributed by atoms with van der Waals surface area (Å²) in [7, 11) is 0. The number of halogens is 1. The van der Waals surface area contributed by atoms with Crippen LogP contribution in [0.3, 0.4) is 0 Å². The number of nitrogens with zero attached hydrogens (tertiary/aromatic N) is 1. The Kier molecular flexibility index (Phi) is 3.74. The molecule has 0 aliphatic carbocycles. The third-order valence-electron chi connectivity index (χ3n) is 2.89. The molecule has 1 heterocycles. The maximum absolute atomic E-state index is 12.9. The maximum atomic E-state index is 12.9. The molecule has 0 saturated carbocycles. The van der Waals surface area contributed by atoms with E-state index in [0.717, 1.165) is 22.0 Å². The number of para-hydroxylation sites is 1. The molecule has 100 valence electrons. The van der Waals surface area contributed by atoms with Gasteiger partial charge < -0.3 is 5.32 Å². The lowest BCUT2D eigenvalue weighted by Gasteiger charge is -2.03. The van der Waals surface area contributed by atoms with Crippen LogP contribution in [-0.2, 0) is 6.54 Å². The Bertz CT molecular complexity index is 677. The molecule has 4 heteroatoms. The fourth-order valence-electron chi connectivity index (χ4n) is 1.86. The van der Waals surface area contributed by atoms with Gasteiger partial charge in [-0.15, -0.1) is 11.3 Å². The second-order valence-corrected chi connectivity index (χ2v) is 5.23. The van der Waals surface area contributed by atoms with Crippen molar-refractivity contribution in [3.63, 3.8) is 0 Å². The fourth-order valence-corrected chi connectivity index (χ4v) is 2.69. The third kappa shape index (κ3) is 3.03. The molecule has 0 bridgehead atoms. The van der Waals surface area contributed by atoms with Crippen molar-refractivity contribution in [2.24, 2.45) is 0 Å². The number of thiazole rings is 1. The van der Waals surface area contributed by atoms with Crippen LogP contribution in [0.5, 0.6) is 0 Å². The highest BCUT2D eigenvalue weighted by atomic mass is 32.1. The van der Waals surface area contributed by atoms with Gasteiger partial charge in [-0.25, -0.2) is 9.37 Å². The number of benzene rings is 2. The van der Waals surface area contributed by atoms with E-state index in [1.54, 1.807) is 23.5 Å². The van der Waals surface area contributed by atoms with E-state index in [2.05, 4.69) is 10.3 Å². The van der Waals surface area contributed by atoms with Crippen molar-refractivity contribution in [3.8, 4) is 10.6 Å². The van der Waals surface area contributed by atoms with Crippen LogP contribution in [0.2, 0.25) is 0 Å². The minimum Gasteiger partial charge on any atom is -0.379 e. The normalized spacial score (nSPS) is 10.4. The predicted molar refractivity (Wildman–Crippen MR) is 81.3 cm³/mol. The maximum Gasteiger partial charge on any atom is 0.123 e. The molecule has 3 rings (SSSR count). The molecule has 1 aromatic heterocycles. The molecule has 20 heavy (non-hydrogen) atoms. The van der Waals surface area contributed by atoms with Crippen LogP contribution in [-0.4, -0.2) is 4.98 Å². The molecule has 0 fully saturated rings. The summed E-state index contributed by atoms with van der Waals surface area (Å²) in [5.74, 6) is -0.226. The summed E-state index contributed by atoms with van der Waals surface area (Å²) in [5.41, 5.74) is 3.00. The Morgan fingerprint density at radius 2 is 1.75 bits per heavy atom. The SMILES string of the molecule is Fc1ccc(-c2nc(CNc3ccccc3)cs2)cc1. The first-order chi connectivity index (χ1) is 9.81. The number of anilines is 1. The molecular weight excluding hydrogens is 271 g/mol. The summed E-state index contributed by atoms with van der Waals surface area (Å²) < 4.78 is 12.9. The first-order valence-electron chi connectivity index (χ1n) is 6.30. The lowest BCUT2D eigenvalue weighted by molar-refractivity contribution is 0.628. The summed E-state index contributed by atoms with van der Waals surface area (Å²) >= 11 is 1.57. The summed E-state index contributed by atoms with van der Waals surface area (Å²) in [6.07, 6.45) is 0. The van der Waals surface area contributed by atoms with Gasteiger partial charge in [0.2, 0.25) is 0 Å². The first kappa shape index (κ1) is 12.8. The number of hydrogen-bond acceptors (Lipinski definition) is 3. The zero-order valence-corrected chi connectivity index (χ0v) is 11.5. The van der Waals surface area contributed by atoms with Gasteiger partial charge in [0, 0.05) is 16.6 Å². The van der Waals surface area contributed by atoms with E-state index in [0.29, 0.717) is 6.54 Å². The van der Waals surface area contributed by atoms with Gasteiger partial charge in [0.15, 0.2) is 0 Å². The van der Waals surface area contributed by atoms with Crippen LogP contribution >= 0.6 is 11.3 Å². The average Bonchev–Trinajstić information content (AvgIpc) is 2.96. The van der Waals surface area contributed by atoms with E-state index in [1.165, 1.54) is 12.1 Å². The summed E-state index contributed by atoms with van der Waals surface area (Å²) in [6, 6.07) is 16.4. The van der Waals surface area contributed by atoms with Crippen LogP contribution in [0.1, 0.15) is 5.69 Å². The van der Waals surface area contributed by atoms with Gasteiger partial charge in [-0.2, -0.15) is 0 Å². The molecule has 0 spiro atoms. The highest BCUT2D eigenvalue weighted by molar-refractivity contribution is 7.13. The van der Waals surface area contributed by atoms with Crippen LogP contribution < -0.4 is 5.32 Å². The largest absolute Gasteiger partial charge is 0.379 e. The van der Waals surface area contributed by atoms with Crippen molar-refractivity contribution < 1.29 is 4.39 Å². The van der Waals surface area contributed by atoms with Gasteiger partial charge in [0.05, 0.1) is 12.2 Å². The molecule has 0 saturated heterocycles. The average molecular weight is 284 g/mol. The second kappa shape index (κ2) is 5.84. The summed E-state index contributed by atoms with van der Waals surface area (Å²) in [4.78, 5) is 4.56. The van der Waals surface area contributed by atoms with Crippen molar-refractivity contribution in [1.29, 1.82) is 0 Å². The van der Waals surface area contributed by atoms with E-state index in [4.69, 9.17) is 0 Å². The Hall–Kier alpha value is -2.20. The molecule has 0 atom stereocenters. The zero-order valence-electron chi connectivity index (χ0n) is 10.7. The molecule has 2 nitrogen and oxygen atoms in total. The van der Waals surface area contributed by atoms with Gasteiger partial charge in [-0.1, -0.05) is 18.2 Å². The Morgan fingerprint density at radius 3 is 2.50 bits per heavy atom. The van der Waals surface area contributed by atoms with E-state index in [9.17, 15) is 4.39 Å². The Morgan fingerprint density at radius 1 is 1.00 bits per heavy atom. The third-order valence-corrected chi connectivity index (χ3v) is 3.83. The lowest BCUT2D eigenvalue weighted by Crippen LogP contribution is -1.99. The van der Waals surface area contributed by atoms with Crippen molar-refractivity contribution in [1.82, 2.24) is 4.98 Å². The van der Waals surface area contributed by atoms with Crippen molar-refractivity contribution in [3.05, 3.63) is 71.5 Å². The van der Waals surface area contributed by atoms with E-state index in [-0.39, 0.29) is 5.82 Å². The number of hydrogen-bond donors (Lipinski definition) is 1. The van der Waals surface area contributed by atoms with E-state index >= 15 is 0 Å². The first-order valence-corrected chi connectivity index (χ1v) is 7.18. The van der Waals surface area contributed by atoms with Crippen molar-refractivity contribution >= 4 is 17.0 Å². The minimum atomic E-state index is -0.226.